The quantitative estimate of drug-likeness (QED) is 0.832. The molecule has 0 amide bonds. The second-order valence-corrected chi connectivity index (χ2v) is 5.80. The summed E-state index contributed by atoms with van der Waals surface area (Å²) in [6.07, 6.45) is 1.27. The highest BCUT2D eigenvalue weighted by Gasteiger charge is 2.35. The molecule has 1 fully saturated rings. The van der Waals surface area contributed by atoms with Crippen LogP contribution in [0.4, 0.5) is 10.4 Å². The number of aryl methyl sites for hydroxylation is 2. The maximum absolute atomic E-state index is 13.8. The van der Waals surface area contributed by atoms with Crippen molar-refractivity contribution >= 4 is 6.01 Å². The molecule has 0 bridgehead atoms. The van der Waals surface area contributed by atoms with Crippen molar-refractivity contribution in [3.05, 3.63) is 23.7 Å². The molecule has 3 rings (SSSR count). The first-order chi connectivity index (χ1) is 10.5. The van der Waals surface area contributed by atoms with Crippen LogP contribution in [0.5, 0.6) is 0 Å². The Morgan fingerprint density at radius 1 is 1.36 bits per heavy atom. The van der Waals surface area contributed by atoms with Crippen LogP contribution in [0, 0.1) is 13.8 Å². The van der Waals surface area contributed by atoms with Crippen LogP contribution >= 0.6 is 0 Å². The third kappa shape index (κ3) is 3.27. The van der Waals surface area contributed by atoms with Crippen LogP contribution in [0.3, 0.4) is 0 Å². The zero-order valence-electron chi connectivity index (χ0n) is 13.0. The summed E-state index contributed by atoms with van der Waals surface area (Å²) in [7, 11) is 1.96. The van der Waals surface area contributed by atoms with Crippen LogP contribution in [0.1, 0.15) is 24.0 Å². The van der Waals surface area contributed by atoms with Crippen molar-refractivity contribution in [1.29, 1.82) is 0 Å². The fraction of sp³-hybridized carbons (Fsp3) is 0.643. The van der Waals surface area contributed by atoms with Crippen molar-refractivity contribution in [1.82, 2.24) is 20.1 Å². The maximum Gasteiger partial charge on any atom is 0.318 e. The van der Waals surface area contributed by atoms with Gasteiger partial charge in [-0.25, -0.2) is 9.37 Å². The number of nitrogens with zero attached hydrogens (tertiary/aromatic N) is 5. The number of hydrogen-bond acceptors (Lipinski definition) is 7. The van der Waals surface area contributed by atoms with E-state index in [4.69, 9.17) is 8.83 Å². The van der Waals surface area contributed by atoms with E-state index in [0.29, 0.717) is 37.3 Å². The Bertz CT molecular complexity index is 628. The van der Waals surface area contributed by atoms with Gasteiger partial charge in [-0.1, -0.05) is 5.10 Å². The lowest BCUT2D eigenvalue weighted by Crippen LogP contribution is -2.39. The van der Waals surface area contributed by atoms with E-state index in [2.05, 4.69) is 20.1 Å². The number of alkyl halides is 1. The maximum atomic E-state index is 13.8. The van der Waals surface area contributed by atoms with Crippen molar-refractivity contribution in [2.75, 3.05) is 25.0 Å². The molecule has 120 valence electrons. The van der Waals surface area contributed by atoms with Crippen molar-refractivity contribution in [3.63, 3.8) is 0 Å². The van der Waals surface area contributed by atoms with Crippen LogP contribution in [0.15, 0.2) is 15.0 Å². The Hall–Kier alpha value is -1.96. The number of hydrogen-bond donors (Lipinski definition) is 0. The van der Waals surface area contributed by atoms with Gasteiger partial charge in [0, 0.05) is 25.9 Å². The van der Waals surface area contributed by atoms with Gasteiger partial charge in [0.2, 0.25) is 11.8 Å². The molecule has 1 aliphatic heterocycles. The highest BCUT2D eigenvalue weighted by Crippen LogP contribution is 2.27. The summed E-state index contributed by atoms with van der Waals surface area (Å²) in [6.45, 7) is 5.13. The van der Waals surface area contributed by atoms with Gasteiger partial charge >= 0.3 is 6.01 Å². The highest BCUT2D eigenvalue weighted by atomic mass is 19.1. The number of likely N-dealkylation sites (N-methyl/N-ethyl adjacent to an activating group) is 1. The van der Waals surface area contributed by atoms with Crippen molar-refractivity contribution in [3.8, 4) is 0 Å². The SMILES string of the molecule is Cc1cnc(CN(C)C[C@@H]2C[C@H](F)CN2c2nnc(C)o2)o1. The van der Waals surface area contributed by atoms with Crippen molar-refractivity contribution in [2.45, 2.75) is 39.0 Å². The predicted molar refractivity (Wildman–Crippen MR) is 77.3 cm³/mol. The molecule has 0 aromatic carbocycles. The van der Waals surface area contributed by atoms with E-state index in [0.717, 1.165) is 5.76 Å². The summed E-state index contributed by atoms with van der Waals surface area (Å²) < 4.78 is 24.7. The van der Waals surface area contributed by atoms with Crippen molar-refractivity contribution < 1.29 is 13.2 Å². The van der Waals surface area contributed by atoms with E-state index < -0.39 is 6.17 Å². The highest BCUT2D eigenvalue weighted by molar-refractivity contribution is 5.30. The van der Waals surface area contributed by atoms with Crippen LogP contribution < -0.4 is 4.90 Å². The van der Waals surface area contributed by atoms with Crippen LogP contribution in [0.2, 0.25) is 0 Å². The van der Waals surface area contributed by atoms with Gasteiger partial charge in [-0.05, 0) is 14.0 Å². The topological polar surface area (TPSA) is 71.4 Å². The number of oxazole rings is 1. The lowest BCUT2D eigenvalue weighted by atomic mass is 10.2. The lowest BCUT2D eigenvalue weighted by molar-refractivity contribution is 0.261. The minimum Gasteiger partial charge on any atom is -0.445 e. The Kier molecular flexibility index (Phi) is 4.10. The zero-order valence-corrected chi connectivity index (χ0v) is 13.0. The molecule has 0 spiro atoms. The van der Waals surface area contributed by atoms with Crippen LogP contribution in [0.25, 0.3) is 0 Å². The number of anilines is 1. The normalized spacial score (nSPS) is 22.0. The Balaban J connectivity index is 1.64. The Morgan fingerprint density at radius 3 is 2.82 bits per heavy atom. The molecule has 0 N–H and O–H groups in total. The van der Waals surface area contributed by atoms with E-state index in [9.17, 15) is 4.39 Å². The summed E-state index contributed by atoms with van der Waals surface area (Å²) in [5.74, 6) is 1.94. The molecule has 0 saturated carbocycles. The number of halogens is 1. The van der Waals surface area contributed by atoms with Gasteiger partial charge in [0.25, 0.3) is 0 Å². The van der Waals surface area contributed by atoms with E-state index >= 15 is 0 Å². The first-order valence-corrected chi connectivity index (χ1v) is 7.32. The molecular weight excluding hydrogens is 289 g/mol. The number of aromatic nitrogens is 3. The van der Waals surface area contributed by atoms with Gasteiger partial charge in [-0.2, -0.15) is 0 Å². The standard InChI is InChI=1S/C14H20FN5O2/c1-9-5-16-13(21-9)8-19(3)7-12-4-11(15)6-20(12)14-18-17-10(2)22-14/h5,11-12H,4,6-8H2,1-3H3/t11-,12-/m0/s1. The zero-order chi connectivity index (χ0) is 15.7. The molecule has 3 heterocycles. The van der Waals surface area contributed by atoms with E-state index in [-0.39, 0.29) is 12.6 Å². The molecule has 22 heavy (non-hydrogen) atoms. The molecule has 2 atom stereocenters. The van der Waals surface area contributed by atoms with Gasteiger partial charge in [-0.3, -0.25) is 4.90 Å². The molecule has 0 unspecified atom stereocenters. The Morgan fingerprint density at radius 2 is 2.18 bits per heavy atom. The van der Waals surface area contributed by atoms with Crippen molar-refractivity contribution in [2.24, 2.45) is 0 Å². The van der Waals surface area contributed by atoms with E-state index in [1.54, 1.807) is 13.1 Å². The summed E-state index contributed by atoms with van der Waals surface area (Å²) in [5.41, 5.74) is 0. The second-order valence-electron chi connectivity index (χ2n) is 5.80. The van der Waals surface area contributed by atoms with Gasteiger partial charge < -0.3 is 13.7 Å². The van der Waals surface area contributed by atoms with Gasteiger partial charge in [0.1, 0.15) is 11.9 Å². The molecule has 2 aromatic rings. The number of rotatable bonds is 5. The lowest BCUT2D eigenvalue weighted by Gasteiger charge is -2.26. The summed E-state index contributed by atoms with van der Waals surface area (Å²) in [5, 5.41) is 7.82. The first kappa shape index (κ1) is 15.0. The van der Waals surface area contributed by atoms with Crippen LogP contribution in [-0.2, 0) is 6.54 Å². The monoisotopic (exact) mass is 309 g/mol. The first-order valence-electron chi connectivity index (χ1n) is 7.32. The van der Waals surface area contributed by atoms with E-state index in [1.807, 2.05) is 18.9 Å². The molecule has 8 heteroatoms. The van der Waals surface area contributed by atoms with Gasteiger partial charge in [0.15, 0.2) is 0 Å². The molecule has 1 aliphatic rings. The summed E-state index contributed by atoms with van der Waals surface area (Å²) in [4.78, 5) is 8.10. The third-order valence-electron chi connectivity index (χ3n) is 3.72. The second kappa shape index (κ2) is 6.04. The summed E-state index contributed by atoms with van der Waals surface area (Å²) in [6, 6.07) is 0.388. The third-order valence-corrected chi connectivity index (χ3v) is 3.72. The average Bonchev–Trinajstić information content (AvgIpc) is 3.12. The van der Waals surface area contributed by atoms with Crippen LogP contribution in [-0.4, -0.2) is 52.4 Å². The fourth-order valence-corrected chi connectivity index (χ4v) is 2.80. The minimum absolute atomic E-state index is 0.00379. The summed E-state index contributed by atoms with van der Waals surface area (Å²) >= 11 is 0. The van der Waals surface area contributed by atoms with E-state index in [1.165, 1.54) is 0 Å². The fourth-order valence-electron chi connectivity index (χ4n) is 2.80. The largest absolute Gasteiger partial charge is 0.445 e. The molecule has 7 nitrogen and oxygen atoms in total. The average molecular weight is 309 g/mol. The molecular formula is C14H20FN5O2. The molecule has 0 aliphatic carbocycles. The molecule has 2 aromatic heterocycles. The van der Waals surface area contributed by atoms with Gasteiger partial charge in [-0.15, -0.1) is 5.10 Å². The predicted octanol–water partition coefficient (Wildman–Crippen LogP) is 1.72. The molecule has 0 radical (unpaired) electrons. The smallest absolute Gasteiger partial charge is 0.318 e. The Labute approximate surface area is 128 Å². The minimum atomic E-state index is -0.880. The van der Waals surface area contributed by atoms with Gasteiger partial charge in [0.05, 0.1) is 19.3 Å². The molecule has 1 saturated heterocycles.